The highest BCUT2D eigenvalue weighted by Crippen LogP contribution is 2.18. The van der Waals surface area contributed by atoms with Crippen LogP contribution >= 0.6 is 0 Å². The van der Waals surface area contributed by atoms with E-state index < -0.39 is 12.2 Å². The first-order chi connectivity index (χ1) is 9.06. The van der Waals surface area contributed by atoms with E-state index in [1.54, 1.807) is 0 Å². The molecule has 0 bridgehead atoms. The molecule has 19 heavy (non-hydrogen) atoms. The van der Waals surface area contributed by atoms with Crippen LogP contribution in [-0.4, -0.2) is 29.0 Å². The van der Waals surface area contributed by atoms with Crippen molar-refractivity contribution in [3.8, 4) is 0 Å². The lowest BCUT2D eigenvalue weighted by molar-refractivity contribution is -0.0229. The van der Waals surface area contributed by atoms with E-state index in [1.807, 2.05) is 44.2 Å². The van der Waals surface area contributed by atoms with Crippen LogP contribution < -0.4 is 0 Å². The molecule has 0 saturated heterocycles. The van der Waals surface area contributed by atoms with Crippen molar-refractivity contribution >= 4 is 0 Å². The normalized spacial score (nSPS) is 17.5. The summed E-state index contributed by atoms with van der Waals surface area (Å²) in [5.74, 6) is -0.277. The van der Waals surface area contributed by atoms with Crippen molar-refractivity contribution in [3.63, 3.8) is 0 Å². The number of aliphatic hydroxyl groups excluding tert-OH is 2. The average molecular weight is 264 g/mol. The number of ether oxygens (including phenoxy) is 1. The second-order valence-electron chi connectivity index (χ2n) is 5.05. The Labute approximate surface area is 115 Å². The molecule has 106 valence electrons. The van der Waals surface area contributed by atoms with Gasteiger partial charge in [-0.05, 0) is 5.56 Å². The van der Waals surface area contributed by atoms with Crippen LogP contribution in [0, 0.1) is 11.8 Å². The van der Waals surface area contributed by atoms with Gasteiger partial charge in [0.1, 0.15) is 0 Å². The standard InChI is InChI=1S/C16H24O3/c1-4-15(17)13(3)16(18)12(2)10-19-11-14-8-6-5-7-9-14/h4-9,12-13,15-18H,1,10-11H2,2-3H3/t12-,13+,15?,16-/m1/s1. The Morgan fingerprint density at radius 1 is 1.21 bits per heavy atom. The van der Waals surface area contributed by atoms with Crippen molar-refractivity contribution in [1.82, 2.24) is 0 Å². The molecule has 0 aliphatic heterocycles. The molecule has 4 atom stereocenters. The maximum Gasteiger partial charge on any atom is 0.0768 e. The topological polar surface area (TPSA) is 49.7 Å². The van der Waals surface area contributed by atoms with E-state index in [9.17, 15) is 10.2 Å². The van der Waals surface area contributed by atoms with Gasteiger partial charge in [-0.3, -0.25) is 0 Å². The molecule has 3 heteroatoms. The zero-order valence-corrected chi connectivity index (χ0v) is 11.7. The lowest BCUT2D eigenvalue weighted by Crippen LogP contribution is -2.35. The Balaban J connectivity index is 2.34. The zero-order chi connectivity index (χ0) is 14.3. The van der Waals surface area contributed by atoms with Crippen LogP contribution in [0.4, 0.5) is 0 Å². The first kappa shape index (κ1) is 15.9. The summed E-state index contributed by atoms with van der Waals surface area (Å²) in [4.78, 5) is 0. The predicted octanol–water partition coefficient (Wildman–Crippen LogP) is 2.38. The van der Waals surface area contributed by atoms with Gasteiger partial charge >= 0.3 is 0 Å². The third kappa shape index (κ3) is 5.15. The van der Waals surface area contributed by atoms with E-state index >= 15 is 0 Å². The molecule has 1 aromatic rings. The van der Waals surface area contributed by atoms with E-state index in [2.05, 4.69) is 6.58 Å². The molecule has 2 N–H and O–H groups in total. The number of hydrogen-bond donors (Lipinski definition) is 2. The molecule has 0 amide bonds. The summed E-state index contributed by atoms with van der Waals surface area (Å²) in [6.07, 6.45) is 0.154. The first-order valence-electron chi connectivity index (χ1n) is 6.66. The van der Waals surface area contributed by atoms with E-state index in [1.165, 1.54) is 6.08 Å². The molecule has 0 aromatic heterocycles. The van der Waals surface area contributed by atoms with E-state index in [-0.39, 0.29) is 11.8 Å². The number of benzene rings is 1. The number of hydrogen-bond acceptors (Lipinski definition) is 3. The minimum atomic E-state index is -0.688. The molecule has 0 heterocycles. The van der Waals surface area contributed by atoms with E-state index in [4.69, 9.17) is 4.74 Å². The fourth-order valence-corrected chi connectivity index (χ4v) is 1.97. The smallest absolute Gasteiger partial charge is 0.0768 e. The van der Waals surface area contributed by atoms with Crippen LogP contribution in [0.3, 0.4) is 0 Å². The highest BCUT2D eigenvalue weighted by atomic mass is 16.5. The van der Waals surface area contributed by atoms with Crippen LogP contribution in [0.1, 0.15) is 19.4 Å². The maximum absolute atomic E-state index is 10.1. The third-order valence-electron chi connectivity index (χ3n) is 3.39. The van der Waals surface area contributed by atoms with Gasteiger partial charge in [-0.25, -0.2) is 0 Å². The highest BCUT2D eigenvalue weighted by molar-refractivity contribution is 5.13. The van der Waals surface area contributed by atoms with Crippen LogP contribution in [0.5, 0.6) is 0 Å². The van der Waals surface area contributed by atoms with E-state index in [0.29, 0.717) is 13.2 Å². The second-order valence-corrected chi connectivity index (χ2v) is 5.05. The SMILES string of the molecule is C=CC(O)[C@H](C)[C@H](O)[C@H](C)COCc1ccccc1. The largest absolute Gasteiger partial charge is 0.392 e. The highest BCUT2D eigenvalue weighted by Gasteiger charge is 2.25. The summed E-state index contributed by atoms with van der Waals surface area (Å²) in [6.45, 7) is 8.26. The average Bonchev–Trinajstić information content (AvgIpc) is 2.45. The second kappa shape index (κ2) is 8.10. The Bertz CT molecular complexity index is 364. The van der Waals surface area contributed by atoms with Crippen molar-refractivity contribution in [1.29, 1.82) is 0 Å². The molecule has 0 aliphatic carbocycles. The fraction of sp³-hybridized carbons (Fsp3) is 0.500. The lowest BCUT2D eigenvalue weighted by atomic mass is 9.90. The quantitative estimate of drug-likeness (QED) is 0.709. The van der Waals surface area contributed by atoms with Crippen molar-refractivity contribution in [2.45, 2.75) is 32.7 Å². The van der Waals surface area contributed by atoms with Gasteiger partial charge in [-0.1, -0.05) is 50.3 Å². The number of rotatable bonds is 8. The molecule has 0 saturated carbocycles. The Morgan fingerprint density at radius 2 is 1.84 bits per heavy atom. The van der Waals surface area contributed by atoms with Gasteiger partial charge < -0.3 is 14.9 Å². The first-order valence-corrected chi connectivity index (χ1v) is 6.66. The summed E-state index contributed by atoms with van der Waals surface area (Å²) < 4.78 is 5.60. The molecule has 0 spiro atoms. The van der Waals surface area contributed by atoms with Crippen molar-refractivity contribution in [2.75, 3.05) is 6.61 Å². The Kier molecular flexibility index (Phi) is 6.78. The Hall–Kier alpha value is -1.16. The van der Waals surface area contributed by atoms with Crippen LogP contribution in [-0.2, 0) is 11.3 Å². The lowest BCUT2D eigenvalue weighted by Gasteiger charge is -2.27. The van der Waals surface area contributed by atoms with Gasteiger partial charge in [0.15, 0.2) is 0 Å². The van der Waals surface area contributed by atoms with Gasteiger partial charge in [0.25, 0.3) is 0 Å². The molecule has 1 aromatic carbocycles. The van der Waals surface area contributed by atoms with Gasteiger partial charge in [0.05, 0.1) is 25.4 Å². The van der Waals surface area contributed by atoms with Crippen LogP contribution in [0.25, 0.3) is 0 Å². The van der Waals surface area contributed by atoms with Gasteiger partial charge in [-0.15, -0.1) is 6.58 Å². The zero-order valence-electron chi connectivity index (χ0n) is 11.7. The monoisotopic (exact) mass is 264 g/mol. The number of aliphatic hydroxyl groups is 2. The molecule has 1 unspecified atom stereocenters. The van der Waals surface area contributed by atoms with Crippen LogP contribution in [0.2, 0.25) is 0 Å². The van der Waals surface area contributed by atoms with Gasteiger partial charge in [0.2, 0.25) is 0 Å². The Morgan fingerprint density at radius 3 is 2.42 bits per heavy atom. The molecular weight excluding hydrogens is 240 g/mol. The maximum atomic E-state index is 10.1. The molecule has 0 radical (unpaired) electrons. The van der Waals surface area contributed by atoms with Crippen molar-refractivity contribution < 1.29 is 14.9 Å². The summed E-state index contributed by atoms with van der Waals surface area (Å²) in [5, 5.41) is 19.7. The molecule has 0 aliphatic rings. The minimum absolute atomic E-state index is 0.0340. The van der Waals surface area contributed by atoms with Crippen molar-refractivity contribution in [2.24, 2.45) is 11.8 Å². The molecule has 3 nitrogen and oxygen atoms in total. The molecule has 0 fully saturated rings. The third-order valence-corrected chi connectivity index (χ3v) is 3.39. The predicted molar refractivity (Wildman–Crippen MR) is 76.6 cm³/mol. The molecule has 1 rings (SSSR count). The summed E-state index contributed by atoms with van der Waals surface area (Å²) in [6, 6.07) is 9.92. The van der Waals surface area contributed by atoms with Crippen LogP contribution in [0.15, 0.2) is 43.0 Å². The summed E-state index contributed by atoms with van der Waals surface area (Å²) in [7, 11) is 0. The summed E-state index contributed by atoms with van der Waals surface area (Å²) >= 11 is 0. The fourth-order valence-electron chi connectivity index (χ4n) is 1.97. The van der Waals surface area contributed by atoms with Gasteiger partial charge in [-0.2, -0.15) is 0 Å². The minimum Gasteiger partial charge on any atom is -0.392 e. The van der Waals surface area contributed by atoms with Crippen molar-refractivity contribution in [3.05, 3.63) is 48.6 Å². The summed E-state index contributed by atoms with van der Waals surface area (Å²) in [5.41, 5.74) is 1.11. The molecular formula is C16H24O3. The van der Waals surface area contributed by atoms with Gasteiger partial charge in [0, 0.05) is 11.8 Å². The van der Waals surface area contributed by atoms with E-state index in [0.717, 1.165) is 5.56 Å².